The highest BCUT2D eigenvalue weighted by Gasteiger charge is 2.47. The topological polar surface area (TPSA) is 122 Å². The average Bonchev–Trinajstić information content (AvgIpc) is 2.86. The van der Waals surface area contributed by atoms with Crippen LogP contribution in [0.25, 0.3) is 0 Å². The van der Waals surface area contributed by atoms with E-state index in [0.717, 1.165) is 0 Å². The summed E-state index contributed by atoms with van der Waals surface area (Å²) in [6.45, 7) is 3.33. The maximum absolute atomic E-state index is 12.0. The van der Waals surface area contributed by atoms with E-state index in [1.165, 1.54) is 4.90 Å². The van der Waals surface area contributed by atoms with Crippen molar-refractivity contribution >= 4 is 17.8 Å². The van der Waals surface area contributed by atoms with E-state index in [1.54, 1.807) is 0 Å². The van der Waals surface area contributed by atoms with Gasteiger partial charge in [-0.25, -0.2) is 0 Å². The fourth-order valence-electron chi connectivity index (χ4n) is 2.54. The van der Waals surface area contributed by atoms with Gasteiger partial charge in [0, 0.05) is 6.42 Å². The van der Waals surface area contributed by atoms with Gasteiger partial charge in [-0.05, 0) is 5.92 Å². The fraction of sp³-hybridized carbons (Fsp3) is 0.769. The molecule has 2 amide bonds. The van der Waals surface area contributed by atoms with Crippen LogP contribution in [0.2, 0.25) is 0 Å². The van der Waals surface area contributed by atoms with Gasteiger partial charge in [-0.2, -0.15) is 0 Å². The third-order valence-electron chi connectivity index (χ3n) is 3.92. The zero-order valence-electron chi connectivity index (χ0n) is 12.1. The lowest BCUT2D eigenvalue weighted by molar-refractivity contribution is -0.152. The van der Waals surface area contributed by atoms with Crippen LogP contribution in [0.5, 0.6) is 0 Å². The minimum Gasteiger partial charge on any atom is -0.459 e. The second-order valence-corrected chi connectivity index (χ2v) is 5.81. The number of amides is 2. The lowest BCUT2D eigenvalue weighted by Crippen LogP contribution is -2.62. The molecular formula is C13H21N3O5. The molecule has 4 N–H and O–H groups in total. The molecule has 21 heavy (non-hydrogen) atoms. The number of fused-ring (bicyclic) bond motifs is 1. The summed E-state index contributed by atoms with van der Waals surface area (Å²) in [7, 11) is 0. The first-order valence-corrected chi connectivity index (χ1v) is 7.03. The molecule has 0 radical (unpaired) electrons. The molecule has 0 unspecified atom stereocenters. The highest BCUT2D eigenvalue weighted by atomic mass is 16.5. The maximum Gasteiger partial charge on any atom is 0.323 e. The van der Waals surface area contributed by atoms with Crippen LogP contribution < -0.4 is 11.1 Å². The molecule has 0 aromatic heterocycles. The number of nitrogens with two attached hydrogens (primary N) is 1. The summed E-state index contributed by atoms with van der Waals surface area (Å²) in [6.07, 6.45) is -0.286. The Labute approximate surface area is 122 Å². The van der Waals surface area contributed by atoms with Gasteiger partial charge in [-0.15, -0.1) is 0 Å². The van der Waals surface area contributed by atoms with Crippen molar-refractivity contribution in [3.8, 4) is 0 Å². The molecule has 0 saturated carbocycles. The van der Waals surface area contributed by atoms with Crippen LogP contribution in [0.15, 0.2) is 0 Å². The number of esters is 1. The molecule has 118 valence electrons. The molecule has 4 atom stereocenters. The predicted octanol–water partition coefficient (Wildman–Crippen LogP) is -2.03. The number of carbonyl (C=O) groups is 3. The molecule has 0 bridgehead atoms. The van der Waals surface area contributed by atoms with Gasteiger partial charge in [0.05, 0.1) is 13.2 Å². The summed E-state index contributed by atoms with van der Waals surface area (Å²) in [5, 5.41) is 11.5. The summed E-state index contributed by atoms with van der Waals surface area (Å²) in [5.74, 6) is -1.26. The Bertz CT molecular complexity index is 453. The van der Waals surface area contributed by atoms with E-state index < -0.39 is 36.8 Å². The van der Waals surface area contributed by atoms with Crippen molar-refractivity contribution in [2.45, 2.75) is 44.5 Å². The summed E-state index contributed by atoms with van der Waals surface area (Å²) >= 11 is 0. The monoisotopic (exact) mass is 299 g/mol. The zero-order valence-corrected chi connectivity index (χ0v) is 12.1. The van der Waals surface area contributed by atoms with Crippen molar-refractivity contribution in [3.63, 3.8) is 0 Å². The first kappa shape index (κ1) is 15.7. The standard InChI is InChI=1S/C13H21N3O5/c1-6(2)10(14)13(20)21-7-3-9-11(18)15-8(5-17)12(19)16(9)4-7/h6-10,17H,3-5,14H2,1-2H3,(H,15,18)/t7-,8+,9+,10+/m1/s1. The van der Waals surface area contributed by atoms with Gasteiger partial charge in [0.25, 0.3) is 0 Å². The Hall–Kier alpha value is -1.67. The van der Waals surface area contributed by atoms with E-state index >= 15 is 0 Å². The second kappa shape index (κ2) is 5.98. The van der Waals surface area contributed by atoms with Gasteiger partial charge in [0.2, 0.25) is 11.8 Å². The predicted molar refractivity (Wildman–Crippen MR) is 71.8 cm³/mol. The molecule has 2 rings (SSSR count). The molecule has 2 heterocycles. The first-order valence-electron chi connectivity index (χ1n) is 7.03. The number of hydrogen-bond donors (Lipinski definition) is 3. The van der Waals surface area contributed by atoms with Crippen LogP contribution in [0.4, 0.5) is 0 Å². The number of ether oxygens (including phenoxy) is 1. The number of nitrogens with one attached hydrogen (secondary N) is 1. The highest BCUT2D eigenvalue weighted by molar-refractivity contribution is 5.97. The summed E-state index contributed by atoms with van der Waals surface area (Å²) in [4.78, 5) is 37.1. The Morgan fingerprint density at radius 1 is 1.52 bits per heavy atom. The number of aliphatic hydroxyl groups is 1. The molecular weight excluding hydrogens is 278 g/mol. The minimum atomic E-state index is -0.916. The molecule has 2 saturated heterocycles. The number of nitrogens with zero attached hydrogens (tertiary/aromatic N) is 1. The van der Waals surface area contributed by atoms with E-state index in [0.29, 0.717) is 0 Å². The molecule has 0 aromatic carbocycles. The van der Waals surface area contributed by atoms with E-state index in [4.69, 9.17) is 15.6 Å². The highest BCUT2D eigenvalue weighted by Crippen LogP contribution is 2.25. The van der Waals surface area contributed by atoms with Crippen molar-refractivity contribution in [1.29, 1.82) is 0 Å². The van der Waals surface area contributed by atoms with Gasteiger partial charge < -0.3 is 25.8 Å². The molecule has 2 fully saturated rings. The number of hydrogen-bond acceptors (Lipinski definition) is 6. The van der Waals surface area contributed by atoms with Gasteiger partial charge in [0.15, 0.2) is 0 Å². The Kier molecular flexibility index (Phi) is 4.48. The molecule has 0 aromatic rings. The van der Waals surface area contributed by atoms with E-state index in [1.807, 2.05) is 13.8 Å². The van der Waals surface area contributed by atoms with Crippen LogP contribution in [0.3, 0.4) is 0 Å². The van der Waals surface area contributed by atoms with Crippen LogP contribution >= 0.6 is 0 Å². The van der Waals surface area contributed by atoms with Crippen molar-refractivity contribution in [1.82, 2.24) is 10.2 Å². The Morgan fingerprint density at radius 2 is 2.19 bits per heavy atom. The minimum absolute atomic E-state index is 0.0508. The smallest absolute Gasteiger partial charge is 0.323 e. The second-order valence-electron chi connectivity index (χ2n) is 5.81. The molecule has 8 heteroatoms. The quantitative estimate of drug-likeness (QED) is 0.515. The van der Waals surface area contributed by atoms with Crippen LogP contribution in [0, 0.1) is 5.92 Å². The number of aliphatic hydroxyl groups excluding tert-OH is 1. The van der Waals surface area contributed by atoms with E-state index in [2.05, 4.69) is 5.32 Å². The molecule has 2 aliphatic heterocycles. The van der Waals surface area contributed by atoms with Crippen LogP contribution in [-0.2, 0) is 19.1 Å². The lowest BCUT2D eigenvalue weighted by atomic mass is 10.1. The van der Waals surface area contributed by atoms with E-state index in [9.17, 15) is 14.4 Å². The van der Waals surface area contributed by atoms with Crippen molar-refractivity contribution < 1.29 is 24.2 Å². The first-order chi connectivity index (χ1) is 9.85. The maximum atomic E-state index is 12.0. The molecule has 0 spiro atoms. The summed E-state index contributed by atoms with van der Waals surface area (Å²) in [5.41, 5.74) is 5.72. The molecule has 8 nitrogen and oxygen atoms in total. The Morgan fingerprint density at radius 3 is 2.76 bits per heavy atom. The normalized spacial score (nSPS) is 30.1. The molecule has 2 aliphatic rings. The van der Waals surface area contributed by atoms with Crippen molar-refractivity contribution in [3.05, 3.63) is 0 Å². The summed E-state index contributed by atoms with van der Waals surface area (Å²) < 4.78 is 5.29. The summed E-state index contributed by atoms with van der Waals surface area (Å²) in [6, 6.07) is -2.29. The largest absolute Gasteiger partial charge is 0.459 e. The zero-order chi connectivity index (χ0) is 15.7. The third kappa shape index (κ3) is 3.01. The van der Waals surface area contributed by atoms with Crippen LogP contribution in [0.1, 0.15) is 20.3 Å². The van der Waals surface area contributed by atoms with Gasteiger partial charge in [0.1, 0.15) is 24.2 Å². The van der Waals surface area contributed by atoms with Crippen molar-refractivity contribution in [2.24, 2.45) is 11.7 Å². The lowest BCUT2D eigenvalue weighted by Gasteiger charge is -2.33. The average molecular weight is 299 g/mol. The third-order valence-corrected chi connectivity index (χ3v) is 3.92. The Balaban J connectivity index is 2.00. The van der Waals surface area contributed by atoms with Gasteiger partial charge >= 0.3 is 5.97 Å². The van der Waals surface area contributed by atoms with Gasteiger partial charge in [-0.3, -0.25) is 14.4 Å². The van der Waals surface area contributed by atoms with Gasteiger partial charge in [-0.1, -0.05) is 13.8 Å². The van der Waals surface area contributed by atoms with Crippen LogP contribution in [-0.4, -0.2) is 65.2 Å². The number of rotatable bonds is 4. The fourth-order valence-corrected chi connectivity index (χ4v) is 2.54. The van der Waals surface area contributed by atoms with Crippen molar-refractivity contribution in [2.75, 3.05) is 13.2 Å². The number of carbonyl (C=O) groups excluding carboxylic acids is 3. The van der Waals surface area contributed by atoms with E-state index in [-0.39, 0.29) is 30.7 Å². The number of piperazine rings is 1. The molecule has 0 aliphatic carbocycles. The SMILES string of the molecule is CC(C)[C@H](N)C(=O)O[C@@H]1C[C@H]2C(=O)N[C@@H](CO)C(=O)N2C1.